The number of hydrogen-bond acceptors (Lipinski definition) is 3. The summed E-state index contributed by atoms with van der Waals surface area (Å²) >= 11 is 0. The van der Waals surface area contributed by atoms with Gasteiger partial charge in [0.05, 0.1) is 6.10 Å². The molecule has 0 heterocycles. The lowest BCUT2D eigenvalue weighted by Gasteiger charge is -2.23. The van der Waals surface area contributed by atoms with Gasteiger partial charge in [0.2, 0.25) is 0 Å². The summed E-state index contributed by atoms with van der Waals surface area (Å²) in [5, 5.41) is 15.6. The van der Waals surface area contributed by atoms with Crippen LogP contribution in [-0.4, -0.2) is 23.9 Å². The van der Waals surface area contributed by atoms with Crippen LogP contribution in [-0.2, 0) is 4.57 Å². The van der Waals surface area contributed by atoms with E-state index in [0.29, 0.717) is 12.7 Å². The zero-order valence-corrected chi connectivity index (χ0v) is 16.4. The number of rotatable bonds is 8. The van der Waals surface area contributed by atoms with Gasteiger partial charge in [0.1, 0.15) is 7.14 Å². The monoisotopic (exact) mass is 379 g/mol. The lowest BCUT2D eigenvalue weighted by Crippen LogP contribution is -2.35. The van der Waals surface area contributed by atoms with Gasteiger partial charge < -0.3 is 15.0 Å². The van der Waals surface area contributed by atoms with Crippen molar-refractivity contribution >= 4 is 17.8 Å². The van der Waals surface area contributed by atoms with Gasteiger partial charge in [-0.3, -0.25) is 0 Å². The highest BCUT2D eigenvalue weighted by Gasteiger charge is 2.27. The Morgan fingerprint density at radius 2 is 1.26 bits per heavy atom. The van der Waals surface area contributed by atoms with Gasteiger partial charge >= 0.3 is 0 Å². The van der Waals surface area contributed by atoms with E-state index in [0.717, 1.165) is 16.2 Å². The zero-order valence-electron chi connectivity index (χ0n) is 15.5. The van der Waals surface area contributed by atoms with E-state index in [1.807, 2.05) is 97.9 Å². The molecule has 0 radical (unpaired) electrons. The van der Waals surface area contributed by atoms with E-state index >= 15 is 0 Å². The molecule has 0 aliphatic rings. The molecule has 27 heavy (non-hydrogen) atoms. The van der Waals surface area contributed by atoms with Crippen LogP contribution in [0, 0.1) is 0 Å². The molecule has 2 N–H and O–H groups in total. The lowest BCUT2D eigenvalue weighted by atomic mass is 10.0. The standard InChI is InChI=1S/C23H26NO2P/c1-19(23(25)20-11-5-2-6-12-20)24-17-18-27(26,21-13-7-3-8-14-21)22-15-9-4-10-16-22/h2-16,19,23-25H,17-18H2,1H3/t19-,23-/m0/s1. The Labute approximate surface area is 161 Å². The number of hydrogen-bond donors (Lipinski definition) is 2. The Balaban J connectivity index is 1.72. The van der Waals surface area contributed by atoms with Gasteiger partial charge in [-0.25, -0.2) is 0 Å². The molecule has 0 aliphatic carbocycles. The second kappa shape index (κ2) is 9.14. The molecule has 3 nitrogen and oxygen atoms in total. The molecule has 3 aromatic rings. The van der Waals surface area contributed by atoms with E-state index < -0.39 is 13.2 Å². The first kappa shape index (κ1) is 19.6. The van der Waals surface area contributed by atoms with Crippen molar-refractivity contribution in [2.24, 2.45) is 0 Å². The van der Waals surface area contributed by atoms with Crippen molar-refractivity contribution < 1.29 is 9.67 Å². The number of aliphatic hydroxyl groups excluding tert-OH is 1. The first-order valence-electron chi connectivity index (χ1n) is 9.28. The van der Waals surface area contributed by atoms with Crippen LogP contribution in [0.25, 0.3) is 0 Å². The third-order valence-corrected chi connectivity index (χ3v) is 7.97. The van der Waals surface area contributed by atoms with Crippen LogP contribution in [0.5, 0.6) is 0 Å². The molecule has 3 rings (SSSR count). The van der Waals surface area contributed by atoms with Crippen molar-refractivity contribution in [1.82, 2.24) is 5.32 Å². The fourth-order valence-corrected chi connectivity index (χ4v) is 5.81. The van der Waals surface area contributed by atoms with Crippen molar-refractivity contribution in [3.63, 3.8) is 0 Å². The maximum absolute atomic E-state index is 13.9. The van der Waals surface area contributed by atoms with Crippen LogP contribution in [0.2, 0.25) is 0 Å². The maximum atomic E-state index is 13.9. The van der Waals surface area contributed by atoms with E-state index in [4.69, 9.17) is 0 Å². The van der Waals surface area contributed by atoms with Crippen LogP contribution in [0.15, 0.2) is 91.0 Å². The van der Waals surface area contributed by atoms with Crippen LogP contribution >= 0.6 is 7.14 Å². The number of nitrogens with one attached hydrogen (secondary N) is 1. The van der Waals surface area contributed by atoms with E-state index in [2.05, 4.69) is 5.32 Å². The second-order valence-electron chi connectivity index (χ2n) is 6.73. The van der Waals surface area contributed by atoms with Crippen molar-refractivity contribution in [3.05, 3.63) is 96.6 Å². The smallest absolute Gasteiger partial charge is 0.144 e. The molecule has 0 bridgehead atoms. The largest absolute Gasteiger partial charge is 0.387 e. The van der Waals surface area contributed by atoms with Gasteiger partial charge in [0, 0.05) is 29.4 Å². The van der Waals surface area contributed by atoms with Crippen molar-refractivity contribution in [2.75, 3.05) is 12.7 Å². The van der Waals surface area contributed by atoms with Crippen molar-refractivity contribution in [1.29, 1.82) is 0 Å². The maximum Gasteiger partial charge on any atom is 0.144 e. The van der Waals surface area contributed by atoms with Crippen LogP contribution in [0.4, 0.5) is 0 Å². The number of benzene rings is 3. The average molecular weight is 379 g/mol. The number of aliphatic hydroxyl groups is 1. The summed E-state index contributed by atoms with van der Waals surface area (Å²) in [4.78, 5) is 0. The highest BCUT2D eigenvalue weighted by Crippen LogP contribution is 2.42. The SMILES string of the molecule is C[C@H](NCCP(=O)(c1ccccc1)c1ccccc1)[C@H](O)c1ccccc1. The fourth-order valence-electron chi connectivity index (χ4n) is 3.25. The fraction of sp³-hybridized carbons (Fsp3) is 0.217. The summed E-state index contributed by atoms with van der Waals surface area (Å²) < 4.78 is 13.9. The second-order valence-corrected chi connectivity index (χ2v) is 9.69. The molecule has 0 fully saturated rings. The minimum absolute atomic E-state index is 0.132. The Morgan fingerprint density at radius 3 is 1.74 bits per heavy atom. The predicted octanol–water partition coefficient (Wildman–Crippen LogP) is 3.71. The van der Waals surface area contributed by atoms with Gasteiger partial charge in [-0.15, -0.1) is 0 Å². The van der Waals surface area contributed by atoms with E-state index in [1.165, 1.54) is 0 Å². The zero-order chi connectivity index (χ0) is 19.1. The van der Waals surface area contributed by atoms with Gasteiger partial charge in [-0.1, -0.05) is 91.0 Å². The Kier molecular flexibility index (Phi) is 6.63. The summed E-state index contributed by atoms with van der Waals surface area (Å²) in [6, 6.07) is 28.8. The highest BCUT2D eigenvalue weighted by molar-refractivity contribution is 7.78. The summed E-state index contributed by atoms with van der Waals surface area (Å²) in [7, 11) is -2.73. The minimum Gasteiger partial charge on any atom is -0.387 e. The van der Waals surface area contributed by atoms with Gasteiger partial charge in [-0.05, 0) is 12.5 Å². The van der Waals surface area contributed by atoms with Crippen molar-refractivity contribution in [2.45, 2.75) is 19.1 Å². The molecule has 0 spiro atoms. The lowest BCUT2D eigenvalue weighted by molar-refractivity contribution is 0.137. The highest BCUT2D eigenvalue weighted by atomic mass is 31.2. The first-order valence-corrected chi connectivity index (χ1v) is 11.2. The molecule has 0 aliphatic heterocycles. The Bertz CT molecular complexity index is 825. The molecule has 2 atom stereocenters. The van der Waals surface area contributed by atoms with E-state index in [-0.39, 0.29) is 6.04 Å². The van der Waals surface area contributed by atoms with Crippen molar-refractivity contribution in [3.8, 4) is 0 Å². The molecule has 4 heteroatoms. The minimum atomic E-state index is -2.73. The molecule has 0 aromatic heterocycles. The van der Waals surface area contributed by atoms with Crippen LogP contribution < -0.4 is 15.9 Å². The Hall–Kier alpha value is -2.19. The predicted molar refractivity (Wildman–Crippen MR) is 113 cm³/mol. The summed E-state index contributed by atoms with van der Waals surface area (Å²) in [6.45, 7) is 2.51. The van der Waals surface area contributed by atoms with Gasteiger partial charge in [0.15, 0.2) is 0 Å². The van der Waals surface area contributed by atoms with Gasteiger partial charge in [-0.2, -0.15) is 0 Å². The molecule has 0 saturated carbocycles. The molecule has 0 saturated heterocycles. The van der Waals surface area contributed by atoms with Crippen LogP contribution in [0.1, 0.15) is 18.6 Å². The quantitative estimate of drug-likeness (QED) is 0.587. The Morgan fingerprint density at radius 1 is 0.815 bits per heavy atom. The molecular weight excluding hydrogens is 353 g/mol. The van der Waals surface area contributed by atoms with E-state index in [9.17, 15) is 9.67 Å². The molecule has 3 aromatic carbocycles. The third kappa shape index (κ3) is 4.75. The summed E-state index contributed by atoms with van der Waals surface area (Å²) in [5.74, 6) is 0. The normalized spacial score (nSPS) is 13.9. The van der Waals surface area contributed by atoms with E-state index in [1.54, 1.807) is 0 Å². The molecule has 0 amide bonds. The first-order chi connectivity index (χ1) is 13.1. The molecule has 140 valence electrons. The van der Waals surface area contributed by atoms with Crippen LogP contribution in [0.3, 0.4) is 0 Å². The van der Waals surface area contributed by atoms with Gasteiger partial charge in [0.25, 0.3) is 0 Å². The molecule has 0 unspecified atom stereocenters. The topological polar surface area (TPSA) is 49.3 Å². The molecular formula is C23H26NO2P. The average Bonchev–Trinajstić information content (AvgIpc) is 2.75. The summed E-state index contributed by atoms with van der Waals surface area (Å²) in [6.07, 6.45) is -0.0913. The third-order valence-electron chi connectivity index (χ3n) is 4.85. The summed E-state index contributed by atoms with van der Waals surface area (Å²) in [5.41, 5.74) is 0.881.